The molecule has 0 atom stereocenters. The molecule has 1 aromatic carbocycles. The number of hydrogen-bond donors (Lipinski definition) is 1. The first kappa shape index (κ1) is 10.4. The Hall–Kier alpha value is -0.0900. The number of rotatable bonds is 2. The first-order valence-corrected chi connectivity index (χ1v) is 6.33. The number of aliphatic hydroxyl groups excluding tert-OH is 1. The van der Waals surface area contributed by atoms with Crippen LogP contribution in [-0.2, 0) is 12.5 Å². The molecule has 0 radical (unpaired) electrons. The van der Waals surface area contributed by atoms with Gasteiger partial charge in [0, 0.05) is 20.4 Å². The van der Waals surface area contributed by atoms with Gasteiger partial charge in [-0.05, 0) is 28.6 Å². The van der Waals surface area contributed by atoms with Gasteiger partial charge in [-0.3, -0.25) is 0 Å². The average Bonchev–Trinajstić information content (AvgIpc) is 2.66. The molecule has 74 valence electrons. The molecule has 2 aromatic rings. The molecule has 0 saturated heterocycles. The normalized spacial score (nSPS) is 11.1. The van der Waals surface area contributed by atoms with E-state index in [0.717, 1.165) is 25.7 Å². The Kier molecular flexibility index (Phi) is 3.12. The molecule has 0 aliphatic carbocycles. The lowest BCUT2D eigenvalue weighted by molar-refractivity contribution is 0.282. The minimum absolute atomic E-state index is 0.0480. The molecule has 1 aromatic heterocycles. The Balaban J connectivity index is 2.82. The van der Waals surface area contributed by atoms with Crippen LogP contribution in [0.5, 0.6) is 0 Å². The smallest absolute Gasteiger partial charge is 0.0699 e. The lowest BCUT2D eigenvalue weighted by Gasteiger charge is -2.07. The summed E-state index contributed by atoms with van der Waals surface area (Å²) in [7, 11) is 0. The second kappa shape index (κ2) is 4.19. The van der Waals surface area contributed by atoms with Crippen LogP contribution in [0.4, 0.5) is 0 Å². The van der Waals surface area contributed by atoms with Crippen molar-refractivity contribution in [1.29, 1.82) is 0 Å². The van der Waals surface area contributed by atoms with Gasteiger partial charge in [-0.25, -0.2) is 0 Å². The van der Waals surface area contributed by atoms with E-state index in [4.69, 9.17) is 11.6 Å². The maximum Gasteiger partial charge on any atom is 0.0699 e. The van der Waals surface area contributed by atoms with E-state index in [-0.39, 0.29) is 6.61 Å². The van der Waals surface area contributed by atoms with Gasteiger partial charge in [0.2, 0.25) is 0 Å². The van der Waals surface area contributed by atoms with Crippen molar-refractivity contribution in [2.45, 2.75) is 12.5 Å². The van der Waals surface area contributed by atoms with E-state index in [9.17, 15) is 5.11 Å². The number of fused-ring (bicyclic) bond motifs is 1. The highest BCUT2D eigenvalue weighted by Crippen LogP contribution is 2.34. The van der Waals surface area contributed by atoms with Crippen LogP contribution in [0.25, 0.3) is 10.1 Å². The fraction of sp³-hybridized carbons (Fsp3) is 0.200. The molecule has 0 unspecified atom stereocenters. The SMILES string of the molecule is OCc1c(CCl)cc(Br)c2ccsc12. The minimum atomic E-state index is 0.0480. The van der Waals surface area contributed by atoms with Crippen molar-refractivity contribution < 1.29 is 5.11 Å². The highest BCUT2D eigenvalue weighted by molar-refractivity contribution is 9.10. The van der Waals surface area contributed by atoms with Crippen molar-refractivity contribution in [2.24, 2.45) is 0 Å². The predicted octanol–water partition coefficient (Wildman–Crippen LogP) is 3.89. The zero-order chi connectivity index (χ0) is 10.1. The third-order valence-electron chi connectivity index (χ3n) is 2.19. The molecule has 1 heterocycles. The molecule has 0 saturated carbocycles. The number of alkyl halides is 1. The Morgan fingerprint density at radius 1 is 1.50 bits per heavy atom. The van der Waals surface area contributed by atoms with E-state index in [1.165, 1.54) is 0 Å². The monoisotopic (exact) mass is 290 g/mol. The molecule has 0 bridgehead atoms. The summed E-state index contributed by atoms with van der Waals surface area (Å²) in [6.07, 6.45) is 0. The first-order valence-electron chi connectivity index (χ1n) is 4.12. The summed E-state index contributed by atoms with van der Waals surface area (Å²) in [4.78, 5) is 0. The van der Waals surface area contributed by atoms with Crippen molar-refractivity contribution in [3.8, 4) is 0 Å². The minimum Gasteiger partial charge on any atom is -0.392 e. The van der Waals surface area contributed by atoms with Crippen molar-refractivity contribution in [3.05, 3.63) is 33.1 Å². The Morgan fingerprint density at radius 3 is 2.93 bits per heavy atom. The second-order valence-electron chi connectivity index (χ2n) is 2.95. The van der Waals surface area contributed by atoms with E-state index in [1.807, 2.05) is 17.5 Å². The molecule has 0 fully saturated rings. The van der Waals surface area contributed by atoms with Crippen LogP contribution in [0.15, 0.2) is 22.0 Å². The highest BCUT2D eigenvalue weighted by Gasteiger charge is 2.10. The Labute approximate surface area is 99.4 Å². The van der Waals surface area contributed by atoms with Gasteiger partial charge in [-0.15, -0.1) is 22.9 Å². The van der Waals surface area contributed by atoms with E-state index >= 15 is 0 Å². The lowest BCUT2D eigenvalue weighted by atomic mass is 10.1. The van der Waals surface area contributed by atoms with E-state index in [2.05, 4.69) is 15.9 Å². The number of benzene rings is 1. The van der Waals surface area contributed by atoms with Crippen LogP contribution in [-0.4, -0.2) is 5.11 Å². The van der Waals surface area contributed by atoms with Gasteiger partial charge in [0.05, 0.1) is 6.61 Å². The zero-order valence-corrected chi connectivity index (χ0v) is 10.4. The van der Waals surface area contributed by atoms with Crippen molar-refractivity contribution >= 4 is 49.0 Å². The molecule has 0 spiro atoms. The predicted molar refractivity (Wildman–Crippen MR) is 65.0 cm³/mol. The average molecular weight is 292 g/mol. The number of hydrogen-bond acceptors (Lipinski definition) is 2. The molecule has 0 amide bonds. The van der Waals surface area contributed by atoms with Crippen molar-refractivity contribution in [3.63, 3.8) is 0 Å². The highest BCUT2D eigenvalue weighted by atomic mass is 79.9. The molecule has 0 aliphatic rings. The number of aliphatic hydroxyl groups is 1. The second-order valence-corrected chi connectivity index (χ2v) is 4.99. The van der Waals surface area contributed by atoms with Gasteiger partial charge in [0.1, 0.15) is 0 Å². The first-order chi connectivity index (χ1) is 6.77. The fourth-order valence-electron chi connectivity index (χ4n) is 1.49. The molecule has 0 aliphatic heterocycles. The van der Waals surface area contributed by atoms with Gasteiger partial charge in [0.15, 0.2) is 0 Å². The van der Waals surface area contributed by atoms with Crippen LogP contribution in [0.1, 0.15) is 11.1 Å². The summed E-state index contributed by atoms with van der Waals surface area (Å²) in [5.41, 5.74) is 1.95. The zero-order valence-electron chi connectivity index (χ0n) is 7.26. The standard InChI is InChI=1S/C10H8BrClOS/c11-9-3-6(4-12)8(5-13)10-7(9)1-2-14-10/h1-3,13H,4-5H2. The maximum absolute atomic E-state index is 9.29. The largest absolute Gasteiger partial charge is 0.392 e. The molecule has 14 heavy (non-hydrogen) atoms. The van der Waals surface area contributed by atoms with Crippen LogP contribution in [0.2, 0.25) is 0 Å². The van der Waals surface area contributed by atoms with E-state index in [0.29, 0.717) is 5.88 Å². The van der Waals surface area contributed by atoms with Crippen LogP contribution in [0, 0.1) is 0 Å². The number of halogens is 2. The van der Waals surface area contributed by atoms with Gasteiger partial charge >= 0.3 is 0 Å². The van der Waals surface area contributed by atoms with Crippen LogP contribution >= 0.6 is 38.9 Å². The lowest BCUT2D eigenvalue weighted by Crippen LogP contribution is -1.92. The summed E-state index contributed by atoms with van der Waals surface area (Å²) in [6, 6.07) is 4.02. The summed E-state index contributed by atoms with van der Waals surface area (Å²) in [6.45, 7) is 0.0480. The van der Waals surface area contributed by atoms with Crippen LogP contribution in [0.3, 0.4) is 0 Å². The summed E-state index contributed by atoms with van der Waals surface area (Å²) < 4.78 is 2.17. The summed E-state index contributed by atoms with van der Waals surface area (Å²) in [5.74, 6) is 0.433. The summed E-state index contributed by atoms with van der Waals surface area (Å²) in [5, 5.41) is 12.5. The molecule has 2 rings (SSSR count). The molecular weight excluding hydrogens is 284 g/mol. The third kappa shape index (κ3) is 1.58. The van der Waals surface area contributed by atoms with Gasteiger partial charge in [0.25, 0.3) is 0 Å². The van der Waals surface area contributed by atoms with Crippen LogP contribution < -0.4 is 0 Å². The van der Waals surface area contributed by atoms with Gasteiger partial charge in [-0.1, -0.05) is 15.9 Å². The quantitative estimate of drug-likeness (QED) is 0.832. The molecule has 1 N–H and O–H groups in total. The molecular formula is C10H8BrClOS. The fourth-order valence-corrected chi connectivity index (χ4v) is 3.45. The Morgan fingerprint density at radius 2 is 2.29 bits per heavy atom. The van der Waals surface area contributed by atoms with Crippen molar-refractivity contribution in [1.82, 2.24) is 0 Å². The van der Waals surface area contributed by atoms with Crippen molar-refractivity contribution in [2.75, 3.05) is 0 Å². The molecule has 1 nitrogen and oxygen atoms in total. The third-order valence-corrected chi connectivity index (χ3v) is 4.11. The molecule has 4 heteroatoms. The number of thiophene rings is 1. The van der Waals surface area contributed by atoms with E-state index in [1.54, 1.807) is 11.3 Å². The van der Waals surface area contributed by atoms with Gasteiger partial charge in [-0.2, -0.15) is 0 Å². The Bertz CT molecular complexity index is 466. The van der Waals surface area contributed by atoms with E-state index < -0.39 is 0 Å². The summed E-state index contributed by atoms with van der Waals surface area (Å²) >= 11 is 11.0. The van der Waals surface area contributed by atoms with Gasteiger partial charge < -0.3 is 5.11 Å². The topological polar surface area (TPSA) is 20.2 Å². The maximum atomic E-state index is 9.29.